The van der Waals surface area contributed by atoms with Gasteiger partial charge in [0, 0.05) is 24.2 Å². The SMILES string of the molecule is O=C1C2CCCCC2C(=O)N1CCCN1CCC(c2nc(-c3ccc(F)cc3)c3ccccn23)CC1. The molecule has 1 aliphatic carbocycles. The van der Waals surface area contributed by atoms with Gasteiger partial charge in [-0.25, -0.2) is 9.37 Å². The van der Waals surface area contributed by atoms with Crippen molar-refractivity contribution in [2.45, 2.75) is 50.9 Å². The van der Waals surface area contributed by atoms with Gasteiger partial charge < -0.3 is 9.30 Å². The summed E-state index contributed by atoms with van der Waals surface area (Å²) < 4.78 is 15.7. The predicted molar refractivity (Wildman–Crippen MR) is 136 cm³/mol. The van der Waals surface area contributed by atoms with Gasteiger partial charge in [-0.15, -0.1) is 0 Å². The number of rotatable bonds is 6. The van der Waals surface area contributed by atoms with Crippen LogP contribution in [0.15, 0.2) is 48.7 Å². The molecule has 4 heterocycles. The second kappa shape index (κ2) is 9.77. The van der Waals surface area contributed by atoms with Crippen LogP contribution in [0.3, 0.4) is 0 Å². The fourth-order valence-corrected chi connectivity index (χ4v) is 6.49. The van der Waals surface area contributed by atoms with Crippen LogP contribution in [0.1, 0.15) is 56.7 Å². The van der Waals surface area contributed by atoms with Gasteiger partial charge in [0.2, 0.25) is 11.8 Å². The molecule has 36 heavy (non-hydrogen) atoms. The zero-order valence-electron chi connectivity index (χ0n) is 20.6. The molecular weight excluding hydrogens is 455 g/mol. The van der Waals surface area contributed by atoms with E-state index in [9.17, 15) is 14.0 Å². The number of hydrogen-bond donors (Lipinski definition) is 0. The summed E-state index contributed by atoms with van der Waals surface area (Å²) in [6.45, 7) is 3.41. The third-order valence-corrected chi connectivity index (χ3v) is 8.43. The average molecular weight is 489 g/mol. The van der Waals surface area contributed by atoms with E-state index in [2.05, 4.69) is 21.6 Å². The maximum absolute atomic E-state index is 13.5. The number of nitrogens with zero attached hydrogens (tertiary/aromatic N) is 4. The zero-order valence-corrected chi connectivity index (χ0v) is 20.6. The van der Waals surface area contributed by atoms with Gasteiger partial charge in [-0.05, 0) is 88.1 Å². The first-order chi connectivity index (χ1) is 17.6. The van der Waals surface area contributed by atoms with E-state index in [0.29, 0.717) is 12.5 Å². The number of piperidine rings is 1. The highest BCUT2D eigenvalue weighted by Gasteiger charge is 2.47. The molecule has 2 aliphatic heterocycles. The minimum atomic E-state index is -0.244. The summed E-state index contributed by atoms with van der Waals surface area (Å²) in [6, 6.07) is 12.7. The Morgan fingerprint density at radius 3 is 2.25 bits per heavy atom. The number of pyridine rings is 1. The number of halogens is 1. The molecule has 188 valence electrons. The molecule has 3 aromatic rings. The molecule has 0 N–H and O–H groups in total. The number of likely N-dealkylation sites (tertiary alicyclic amines) is 2. The molecule has 2 aromatic heterocycles. The average Bonchev–Trinajstić information content (AvgIpc) is 3.41. The number of imide groups is 1. The number of carbonyl (C=O) groups excluding carboxylic acids is 2. The minimum absolute atomic E-state index is 0.0498. The van der Waals surface area contributed by atoms with E-state index in [0.717, 1.165) is 87.2 Å². The Morgan fingerprint density at radius 1 is 0.861 bits per heavy atom. The standard InChI is InChI=1S/C29H33FN4O2/c30-22-11-9-20(10-12-22)26-25-8-3-4-16-33(25)27(31-26)21-13-18-32(19-14-21)15-5-17-34-28(35)23-6-1-2-7-24(23)29(34)36/h3-4,8-12,16,21,23-24H,1-2,5-7,13-15,17-19H2. The van der Waals surface area contributed by atoms with Gasteiger partial charge in [-0.2, -0.15) is 0 Å². The van der Waals surface area contributed by atoms with Gasteiger partial charge in [0.25, 0.3) is 0 Å². The first kappa shape index (κ1) is 23.3. The second-order valence-corrected chi connectivity index (χ2v) is 10.6. The van der Waals surface area contributed by atoms with E-state index in [1.165, 1.54) is 12.1 Å². The summed E-state index contributed by atoms with van der Waals surface area (Å²) in [5.74, 6) is 1.23. The summed E-state index contributed by atoms with van der Waals surface area (Å²) in [6.07, 6.45) is 8.84. The molecule has 1 aromatic carbocycles. The molecule has 7 heteroatoms. The maximum atomic E-state index is 13.5. The van der Waals surface area contributed by atoms with Crippen molar-refractivity contribution in [2.75, 3.05) is 26.2 Å². The van der Waals surface area contributed by atoms with E-state index >= 15 is 0 Å². The van der Waals surface area contributed by atoms with Gasteiger partial charge in [0.05, 0.1) is 23.0 Å². The molecule has 2 amide bonds. The third kappa shape index (κ3) is 4.23. The molecule has 0 spiro atoms. The van der Waals surface area contributed by atoms with Crippen LogP contribution in [0, 0.1) is 17.7 Å². The van der Waals surface area contributed by atoms with E-state index < -0.39 is 0 Å². The highest BCUT2D eigenvalue weighted by Crippen LogP contribution is 2.38. The lowest BCUT2D eigenvalue weighted by atomic mass is 9.81. The van der Waals surface area contributed by atoms with Crippen molar-refractivity contribution in [3.63, 3.8) is 0 Å². The summed E-state index contributed by atoms with van der Waals surface area (Å²) in [7, 11) is 0. The number of benzene rings is 1. The monoisotopic (exact) mass is 488 g/mol. The molecule has 1 saturated carbocycles. The molecule has 6 nitrogen and oxygen atoms in total. The normalized spacial score (nSPS) is 23.5. The molecule has 2 unspecified atom stereocenters. The minimum Gasteiger partial charge on any atom is -0.303 e. The highest BCUT2D eigenvalue weighted by molar-refractivity contribution is 6.05. The van der Waals surface area contributed by atoms with Gasteiger partial charge >= 0.3 is 0 Å². The van der Waals surface area contributed by atoms with E-state index in [1.54, 1.807) is 17.0 Å². The Labute approximate surface area is 211 Å². The molecule has 0 radical (unpaired) electrons. The topological polar surface area (TPSA) is 57.9 Å². The van der Waals surface area contributed by atoms with Crippen LogP contribution in [0.4, 0.5) is 4.39 Å². The lowest BCUT2D eigenvalue weighted by molar-refractivity contribution is -0.140. The fraction of sp³-hybridized carbons (Fsp3) is 0.483. The van der Waals surface area contributed by atoms with E-state index in [-0.39, 0.29) is 29.5 Å². The van der Waals surface area contributed by atoms with Crippen molar-refractivity contribution < 1.29 is 14.0 Å². The highest BCUT2D eigenvalue weighted by atomic mass is 19.1. The summed E-state index contributed by atoms with van der Waals surface area (Å²) in [5.41, 5.74) is 2.87. The first-order valence-electron chi connectivity index (χ1n) is 13.4. The van der Waals surface area contributed by atoms with E-state index in [1.807, 2.05) is 12.1 Å². The molecule has 6 rings (SSSR count). The Morgan fingerprint density at radius 2 is 1.56 bits per heavy atom. The first-order valence-corrected chi connectivity index (χ1v) is 13.4. The number of imidazole rings is 1. The van der Waals surface area contributed by atoms with Crippen LogP contribution in [0.25, 0.3) is 16.8 Å². The predicted octanol–water partition coefficient (Wildman–Crippen LogP) is 4.89. The van der Waals surface area contributed by atoms with Crippen LogP contribution in [-0.4, -0.2) is 57.2 Å². The lowest BCUT2D eigenvalue weighted by Crippen LogP contribution is -2.37. The van der Waals surface area contributed by atoms with Crippen molar-refractivity contribution in [1.29, 1.82) is 0 Å². The molecule has 3 fully saturated rings. The van der Waals surface area contributed by atoms with Crippen molar-refractivity contribution in [3.05, 3.63) is 60.3 Å². The molecular formula is C29H33FN4O2. The maximum Gasteiger partial charge on any atom is 0.233 e. The number of carbonyl (C=O) groups is 2. The van der Waals surface area contributed by atoms with Gasteiger partial charge in [0.1, 0.15) is 11.6 Å². The van der Waals surface area contributed by atoms with Crippen molar-refractivity contribution in [3.8, 4) is 11.3 Å². The number of amides is 2. The van der Waals surface area contributed by atoms with Crippen molar-refractivity contribution in [2.24, 2.45) is 11.8 Å². The third-order valence-electron chi connectivity index (χ3n) is 8.43. The molecule has 3 aliphatic rings. The number of hydrogen-bond acceptors (Lipinski definition) is 4. The Kier molecular flexibility index (Phi) is 6.34. The zero-order chi connectivity index (χ0) is 24.6. The summed E-state index contributed by atoms with van der Waals surface area (Å²) >= 11 is 0. The van der Waals surface area contributed by atoms with E-state index in [4.69, 9.17) is 4.98 Å². The number of fused-ring (bicyclic) bond motifs is 2. The van der Waals surface area contributed by atoms with Crippen LogP contribution in [-0.2, 0) is 9.59 Å². The van der Waals surface area contributed by atoms with Crippen LogP contribution in [0.5, 0.6) is 0 Å². The van der Waals surface area contributed by atoms with Crippen LogP contribution >= 0.6 is 0 Å². The fourth-order valence-electron chi connectivity index (χ4n) is 6.49. The Balaban J connectivity index is 1.08. The van der Waals surface area contributed by atoms with Crippen molar-refractivity contribution in [1.82, 2.24) is 19.2 Å². The van der Waals surface area contributed by atoms with Crippen LogP contribution < -0.4 is 0 Å². The van der Waals surface area contributed by atoms with Gasteiger partial charge in [-0.3, -0.25) is 14.5 Å². The number of aromatic nitrogens is 2. The lowest BCUT2D eigenvalue weighted by Gasteiger charge is -2.31. The van der Waals surface area contributed by atoms with Crippen molar-refractivity contribution >= 4 is 17.3 Å². The molecule has 2 saturated heterocycles. The Hall–Kier alpha value is -3.06. The smallest absolute Gasteiger partial charge is 0.233 e. The largest absolute Gasteiger partial charge is 0.303 e. The van der Waals surface area contributed by atoms with Gasteiger partial charge in [0.15, 0.2) is 0 Å². The quantitative estimate of drug-likeness (QED) is 0.464. The second-order valence-electron chi connectivity index (χ2n) is 10.6. The summed E-state index contributed by atoms with van der Waals surface area (Å²) in [5, 5.41) is 0. The Bertz CT molecular complexity index is 1240. The molecule has 0 bridgehead atoms. The summed E-state index contributed by atoms with van der Waals surface area (Å²) in [4.78, 5) is 34.5. The van der Waals surface area contributed by atoms with Gasteiger partial charge in [-0.1, -0.05) is 18.9 Å². The van der Waals surface area contributed by atoms with Crippen LogP contribution in [0.2, 0.25) is 0 Å². The molecule has 2 atom stereocenters.